The first-order valence-corrected chi connectivity index (χ1v) is 10.00. The highest BCUT2D eigenvalue weighted by molar-refractivity contribution is 7.12. The summed E-state index contributed by atoms with van der Waals surface area (Å²) in [7, 11) is 0. The first-order chi connectivity index (χ1) is 12.6. The second-order valence-corrected chi connectivity index (χ2v) is 7.85. The normalized spacial score (nSPS) is 18.8. The lowest BCUT2D eigenvalue weighted by Crippen LogP contribution is -2.53. The summed E-state index contributed by atoms with van der Waals surface area (Å²) in [5.74, 6) is 0.0690. The number of nitrogens with zero attached hydrogens (tertiary/aromatic N) is 1. The number of piperidine rings is 1. The maximum atomic E-state index is 12.6. The number of hydrogen-bond acceptors (Lipinski definition) is 4. The molecule has 1 aliphatic carbocycles. The van der Waals surface area contributed by atoms with E-state index in [1.165, 1.54) is 11.3 Å². The van der Waals surface area contributed by atoms with Gasteiger partial charge in [0.25, 0.3) is 5.91 Å². The molecule has 2 aliphatic rings. The second-order valence-electron chi connectivity index (χ2n) is 6.90. The Morgan fingerprint density at radius 1 is 1.27 bits per heavy atom. The Bertz CT molecular complexity index is 662. The van der Waals surface area contributed by atoms with E-state index in [0.717, 1.165) is 25.7 Å². The molecule has 0 radical (unpaired) electrons. The highest BCUT2D eigenvalue weighted by Gasteiger charge is 2.38. The summed E-state index contributed by atoms with van der Waals surface area (Å²) < 4.78 is 0. The SMILES string of the molecule is C=CCNC(=O)C(NC(=O)c1cccs1)C1CCN(C(=O)C2CC2)CC1. The quantitative estimate of drug-likeness (QED) is 0.714. The maximum absolute atomic E-state index is 12.6. The van der Waals surface area contributed by atoms with Gasteiger partial charge in [-0.05, 0) is 43.0 Å². The molecule has 2 fully saturated rings. The van der Waals surface area contributed by atoms with Crippen LogP contribution in [0, 0.1) is 11.8 Å². The van der Waals surface area contributed by atoms with Crippen LogP contribution in [-0.2, 0) is 9.59 Å². The largest absolute Gasteiger partial charge is 0.351 e. The van der Waals surface area contributed by atoms with Crippen LogP contribution >= 0.6 is 11.3 Å². The second kappa shape index (κ2) is 8.49. The minimum atomic E-state index is -0.595. The van der Waals surface area contributed by atoms with Crippen molar-refractivity contribution < 1.29 is 14.4 Å². The van der Waals surface area contributed by atoms with Gasteiger partial charge in [-0.2, -0.15) is 0 Å². The molecule has 0 spiro atoms. The molecule has 26 heavy (non-hydrogen) atoms. The highest BCUT2D eigenvalue weighted by atomic mass is 32.1. The summed E-state index contributed by atoms with van der Waals surface area (Å²) in [4.78, 5) is 39.7. The van der Waals surface area contributed by atoms with Crippen molar-refractivity contribution in [2.45, 2.75) is 31.7 Å². The lowest BCUT2D eigenvalue weighted by atomic mass is 9.88. The Morgan fingerprint density at radius 3 is 2.58 bits per heavy atom. The molecule has 1 saturated carbocycles. The molecule has 0 aromatic carbocycles. The minimum absolute atomic E-state index is 0.0204. The van der Waals surface area contributed by atoms with E-state index in [1.807, 2.05) is 16.3 Å². The number of nitrogens with one attached hydrogen (secondary N) is 2. The Balaban J connectivity index is 1.63. The van der Waals surface area contributed by atoms with E-state index < -0.39 is 6.04 Å². The molecule has 1 aromatic rings. The molecule has 2 heterocycles. The third kappa shape index (κ3) is 4.52. The summed E-state index contributed by atoms with van der Waals surface area (Å²) in [5.41, 5.74) is 0. The van der Waals surface area contributed by atoms with E-state index in [9.17, 15) is 14.4 Å². The van der Waals surface area contributed by atoms with Gasteiger partial charge in [-0.3, -0.25) is 14.4 Å². The van der Waals surface area contributed by atoms with Crippen molar-refractivity contribution in [1.29, 1.82) is 0 Å². The van der Waals surface area contributed by atoms with Crippen LogP contribution in [0.1, 0.15) is 35.4 Å². The molecule has 1 aromatic heterocycles. The lowest BCUT2D eigenvalue weighted by molar-refractivity contribution is -0.134. The number of thiophene rings is 1. The topological polar surface area (TPSA) is 78.5 Å². The number of rotatable bonds is 7. The standard InChI is InChI=1S/C19H25N3O3S/c1-2-9-20-18(24)16(21-17(23)15-4-3-12-26-15)13-7-10-22(11-8-13)19(25)14-5-6-14/h2-4,12-14,16H,1,5-11H2,(H,20,24)(H,21,23). The van der Waals surface area contributed by atoms with Gasteiger partial charge in [0.05, 0.1) is 4.88 Å². The van der Waals surface area contributed by atoms with Gasteiger partial charge < -0.3 is 15.5 Å². The fourth-order valence-electron chi connectivity index (χ4n) is 3.34. The fraction of sp³-hybridized carbons (Fsp3) is 0.526. The Kier molecular flexibility index (Phi) is 6.08. The van der Waals surface area contributed by atoms with Gasteiger partial charge >= 0.3 is 0 Å². The van der Waals surface area contributed by atoms with Gasteiger partial charge in [-0.25, -0.2) is 0 Å². The third-order valence-corrected chi connectivity index (χ3v) is 5.85. The Morgan fingerprint density at radius 2 is 2.00 bits per heavy atom. The molecule has 1 unspecified atom stereocenters. The summed E-state index contributed by atoms with van der Waals surface area (Å²) >= 11 is 1.35. The van der Waals surface area contributed by atoms with Gasteiger partial charge in [0.1, 0.15) is 6.04 Å². The van der Waals surface area contributed by atoms with Crippen molar-refractivity contribution in [2.75, 3.05) is 19.6 Å². The van der Waals surface area contributed by atoms with E-state index in [4.69, 9.17) is 0 Å². The van der Waals surface area contributed by atoms with Gasteiger partial charge in [0.2, 0.25) is 11.8 Å². The molecule has 6 nitrogen and oxygen atoms in total. The van der Waals surface area contributed by atoms with Crippen LogP contribution in [0.4, 0.5) is 0 Å². The first kappa shape index (κ1) is 18.6. The average molecular weight is 375 g/mol. The van der Waals surface area contributed by atoms with Crippen molar-refractivity contribution in [3.05, 3.63) is 35.0 Å². The van der Waals surface area contributed by atoms with Crippen LogP contribution in [0.25, 0.3) is 0 Å². The minimum Gasteiger partial charge on any atom is -0.351 e. The molecule has 1 atom stereocenters. The molecular formula is C19H25N3O3S. The van der Waals surface area contributed by atoms with E-state index in [-0.39, 0.29) is 29.6 Å². The van der Waals surface area contributed by atoms with Crippen LogP contribution in [0.15, 0.2) is 30.2 Å². The summed E-state index contributed by atoms with van der Waals surface area (Å²) in [6.07, 6.45) is 5.06. The van der Waals surface area contributed by atoms with Crippen LogP contribution in [0.5, 0.6) is 0 Å². The van der Waals surface area contributed by atoms with Crippen molar-refractivity contribution in [1.82, 2.24) is 15.5 Å². The molecule has 0 bridgehead atoms. The van der Waals surface area contributed by atoms with Crippen LogP contribution < -0.4 is 10.6 Å². The first-order valence-electron chi connectivity index (χ1n) is 9.12. The number of hydrogen-bond donors (Lipinski definition) is 2. The smallest absolute Gasteiger partial charge is 0.262 e. The molecule has 2 N–H and O–H groups in total. The molecule has 7 heteroatoms. The van der Waals surface area contributed by atoms with Crippen molar-refractivity contribution in [3.8, 4) is 0 Å². The predicted octanol–water partition coefficient (Wildman–Crippen LogP) is 1.80. The monoisotopic (exact) mass is 375 g/mol. The van der Waals surface area contributed by atoms with Gasteiger partial charge in [0.15, 0.2) is 0 Å². The number of likely N-dealkylation sites (tertiary alicyclic amines) is 1. The van der Waals surface area contributed by atoms with Gasteiger partial charge in [-0.1, -0.05) is 12.1 Å². The van der Waals surface area contributed by atoms with Crippen molar-refractivity contribution in [2.24, 2.45) is 11.8 Å². The van der Waals surface area contributed by atoms with Crippen LogP contribution in [0.2, 0.25) is 0 Å². The molecule has 1 aliphatic heterocycles. The molecule has 140 valence electrons. The van der Waals surface area contributed by atoms with E-state index in [1.54, 1.807) is 12.1 Å². The molecule has 1 saturated heterocycles. The average Bonchev–Trinajstić information content (AvgIpc) is 3.37. The summed E-state index contributed by atoms with van der Waals surface area (Å²) in [6.45, 7) is 5.28. The van der Waals surface area contributed by atoms with E-state index in [0.29, 0.717) is 24.5 Å². The van der Waals surface area contributed by atoms with E-state index >= 15 is 0 Å². The predicted molar refractivity (Wildman–Crippen MR) is 101 cm³/mol. The molecular weight excluding hydrogens is 350 g/mol. The zero-order chi connectivity index (χ0) is 18.5. The van der Waals surface area contributed by atoms with Crippen LogP contribution in [0.3, 0.4) is 0 Å². The number of amides is 3. The number of carbonyl (C=O) groups excluding carboxylic acids is 3. The van der Waals surface area contributed by atoms with E-state index in [2.05, 4.69) is 17.2 Å². The lowest BCUT2D eigenvalue weighted by Gasteiger charge is -2.35. The third-order valence-electron chi connectivity index (χ3n) is 4.98. The van der Waals surface area contributed by atoms with Crippen LogP contribution in [-0.4, -0.2) is 48.3 Å². The Hall–Kier alpha value is -2.15. The van der Waals surface area contributed by atoms with Gasteiger partial charge in [0, 0.05) is 25.6 Å². The zero-order valence-electron chi connectivity index (χ0n) is 14.8. The van der Waals surface area contributed by atoms with Gasteiger partial charge in [-0.15, -0.1) is 17.9 Å². The summed E-state index contributed by atoms with van der Waals surface area (Å²) in [6, 6.07) is 2.96. The fourth-order valence-corrected chi connectivity index (χ4v) is 3.97. The Labute approximate surface area is 157 Å². The number of carbonyl (C=O) groups is 3. The summed E-state index contributed by atoms with van der Waals surface area (Å²) in [5, 5.41) is 7.53. The van der Waals surface area contributed by atoms with Crippen molar-refractivity contribution in [3.63, 3.8) is 0 Å². The molecule has 3 rings (SSSR count). The zero-order valence-corrected chi connectivity index (χ0v) is 15.6. The highest BCUT2D eigenvalue weighted by Crippen LogP contribution is 2.33. The maximum Gasteiger partial charge on any atom is 0.262 e. The molecule has 3 amide bonds. The van der Waals surface area contributed by atoms with Crippen molar-refractivity contribution >= 4 is 29.1 Å².